The predicted octanol–water partition coefficient (Wildman–Crippen LogP) is 4.77. The maximum Gasteiger partial charge on any atom is 0.226 e. The molecule has 6 heteroatoms. The third-order valence-electron chi connectivity index (χ3n) is 4.21. The first-order valence-corrected chi connectivity index (χ1v) is 9.44. The molecule has 0 radical (unpaired) electrons. The first-order chi connectivity index (χ1) is 11.7. The van der Waals surface area contributed by atoms with Crippen molar-refractivity contribution in [1.29, 1.82) is 0 Å². The summed E-state index contributed by atoms with van der Waals surface area (Å²) in [5.74, 6) is 0.237. The van der Waals surface area contributed by atoms with Crippen LogP contribution in [0.4, 0.5) is 10.2 Å². The van der Waals surface area contributed by atoms with Gasteiger partial charge in [-0.2, -0.15) is 5.10 Å². The molecule has 1 amide bonds. The number of fused-ring (bicyclic) bond motifs is 1. The van der Waals surface area contributed by atoms with Gasteiger partial charge in [-0.1, -0.05) is 48.8 Å². The maximum absolute atomic E-state index is 13.3. The standard InChI is InChI=1S/C19H23BrFN3O/c1-19(2,3)11-16(25)22-18-17(12-4-6-14(21)7-5-12)15-10-13(20)8-9-24(15)23-18/h4-7,13H,8-11H2,1-3H3,(H,22,23,25). The third-order valence-corrected chi connectivity index (χ3v) is 4.99. The minimum absolute atomic E-state index is 0.0540. The summed E-state index contributed by atoms with van der Waals surface area (Å²) in [5, 5.41) is 7.60. The first kappa shape index (κ1) is 18.1. The Labute approximate surface area is 155 Å². The van der Waals surface area contributed by atoms with Gasteiger partial charge >= 0.3 is 0 Å². The number of aryl methyl sites for hydroxylation is 1. The molecular formula is C19H23BrFN3O. The van der Waals surface area contributed by atoms with Gasteiger partial charge in [0.25, 0.3) is 0 Å². The molecule has 2 heterocycles. The van der Waals surface area contributed by atoms with Crippen molar-refractivity contribution in [2.75, 3.05) is 5.32 Å². The van der Waals surface area contributed by atoms with E-state index < -0.39 is 0 Å². The molecule has 1 aliphatic heterocycles. The summed E-state index contributed by atoms with van der Waals surface area (Å²) in [6.45, 7) is 6.89. The fourth-order valence-electron chi connectivity index (χ4n) is 3.13. The topological polar surface area (TPSA) is 46.9 Å². The first-order valence-electron chi connectivity index (χ1n) is 8.52. The third kappa shape index (κ3) is 4.29. The summed E-state index contributed by atoms with van der Waals surface area (Å²) < 4.78 is 15.3. The highest BCUT2D eigenvalue weighted by atomic mass is 79.9. The zero-order chi connectivity index (χ0) is 18.2. The van der Waals surface area contributed by atoms with Crippen molar-refractivity contribution >= 4 is 27.7 Å². The van der Waals surface area contributed by atoms with Gasteiger partial charge in [0.05, 0.1) is 0 Å². The van der Waals surface area contributed by atoms with Gasteiger partial charge in [-0.3, -0.25) is 9.48 Å². The average Bonchev–Trinajstić information content (AvgIpc) is 2.83. The molecule has 1 atom stereocenters. The van der Waals surface area contributed by atoms with Crippen molar-refractivity contribution in [3.8, 4) is 11.1 Å². The molecule has 0 aliphatic carbocycles. The Kier molecular flexibility index (Phi) is 5.00. The second-order valence-corrected chi connectivity index (χ2v) is 9.07. The van der Waals surface area contributed by atoms with Crippen LogP contribution in [-0.4, -0.2) is 20.5 Å². The molecule has 1 unspecified atom stereocenters. The normalized spacial score (nSPS) is 17.2. The van der Waals surface area contributed by atoms with Gasteiger partial charge in [0.1, 0.15) is 5.82 Å². The second-order valence-electron chi connectivity index (χ2n) is 7.78. The SMILES string of the molecule is CC(C)(C)CC(=O)Nc1nn2c(c1-c1ccc(F)cc1)CC(Br)CC2. The van der Waals surface area contributed by atoms with E-state index in [-0.39, 0.29) is 17.1 Å². The fourth-order valence-corrected chi connectivity index (χ4v) is 3.64. The van der Waals surface area contributed by atoms with Crippen LogP contribution < -0.4 is 5.32 Å². The number of hydrogen-bond donors (Lipinski definition) is 1. The molecule has 3 rings (SSSR count). The highest BCUT2D eigenvalue weighted by Crippen LogP contribution is 2.36. The Balaban J connectivity index is 2.00. The minimum atomic E-state index is -0.276. The number of carbonyl (C=O) groups is 1. The van der Waals surface area contributed by atoms with E-state index in [1.807, 2.05) is 25.5 Å². The molecule has 1 aromatic carbocycles. The molecular weight excluding hydrogens is 385 g/mol. The van der Waals surface area contributed by atoms with Crippen molar-refractivity contribution in [2.24, 2.45) is 5.41 Å². The number of halogens is 2. The molecule has 4 nitrogen and oxygen atoms in total. The summed E-state index contributed by atoms with van der Waals surface area (Å²) >= 11 is 3.69. The number of nitrogens with one attached hydrogen (secondary N) is 1. The molecule has 0 spiro atoms. The number of anilines is 1. The van der Waals surface area contributed by atoms with Gasteiger partial charge in [-0.25, -0.2) is 4.39 Å². The molecule has 25 heavy (non-hydrogen) atoms. The van der Waals surface area contributed by atoms with Gasteiger partial charge in [0, 0.05) is 35.5 Å². The summed E-state index contributed by atoms with van der Waals surface area (Å²) in [7, 11) is 0. The van der Waals surface area contributed by atoms with Crippen LogP contribution in [0.1, 0.15) is 39.3 Å². The largest absolute Gasteiger partial charge is 0.309 e. The zero-order valence-electron chi connectivity index (χ0n) is 14.8. The lowest BCUT2D eigenvalue weighted by Crippen LogP contribution is -2.20. The highest BCUT2D eigenvalue weighted by molar-refractivity contribution is 9.09. The number of nitrogens with zero attached hydrogens (tertiary/aromatic N) is 2. The lowest BCUT2D eigenvalue weighted by Gasteiger charge is -2.19. The monoisotopic (exact) mass is 407 g/mol. The zero-order valence-corrected chi connectivity index (χ0v) is 16.4. The number of rotatable bonds is 3. The van der Waals surface area contributed by atoms with Crippen molar-refractivity contribution in [2.45, 2.75) is 51.4 Å². The van der Waals surface area contributed by atoms with Crippen molar-refractivity contribution in [3.05, 3.63) is 35.8 Å². The van der Waals surface area contributed by atoms with E-state index in [0.717, 1.165) is 36.2 Å². The van der Waals surface area contributed by atoms with Crippen molar-refractivity contribution in [3.63, 3.8) is 0 Å². The Morgan fingerprint density at radius 1 is 1.36 bits per heavy atom. The number of carbonyl (C=O) groups excluding carboxylic acids is 1. The number of benzene rings is 1. The predicted molar refractivity (Wildman–Crippen MR) is 101 cm³/mol. The molecule has 1 aromatic heterocycles. The molecule has 2 aromatic rings. The van der Waals surface area contributed by atoms with Crippen LogP contribution in [0.2, 0.25) is 0 Å². The van der Waals surface area contributed by atoms with E-state index in [1.54, 1.807) is 12.1 Å². The van der Waals surface area contributed by atoms with Gasteiger partial charge in [-0.15, -0.1) is 0 Å². The second kappa shape index (κ2) is 6.90. The van der Waals surface area contributed by atoms with E-state index in [1.165, 1.54) is 12.1 Å². The number of amides is 1. The van der Waals surface area contributed by atoms with E-state index in [4.69, 9.17) is 0 Å². The van der Waals surface area contributed by atoms with Crippen LogP contribution in [0, 0.1) is 11.2 Å². The van der Waals surface area contributed by atoms with Crippen LogP contribution in [-0.2, 0) is 17.8 Å². The molecule has 0 bridgehead atoms. The van der Waals surface area contributed by atoms with E-state index in [2.05, 4.69) is 26.3 Å². The number of hydrogen-bond acceptors (Lipinski definition) is 2. The summed E-state index contributed by atoms with van der Waals surface area (Å²) in [6.07, 6.45) is 2.24. The van der Waals surface area contributed by atoms with Crippen LogP contribution in [0.15, 0.2) is 24.3 Å². The molecule has 0 fully saturated rings. The Morgan fingerprint density at radius 2 is 2.04 bits per heavy atom. The Morgan fingerprint density at radius 3 is 2.68 bits per heavy atom. The van der Waals surface area contributed by atoms with Crippen LogP contribution in [0.5, 0.6) is 0 Å². The fraction of sp³-hybridized carbons (Fsp3) is 0.474. The Bertz CT molecular complexity index is 777. The van der Waals surface area contributed by atoms with Gasteiger partial charge < -0.3 is 5.32 Å². The molecule has 0 saturated heterocycles. The van der Waals surface area contributed by atoms with Crippen molar-refractivity contribution < 1.29 is 9.18 Å². The van der Waals surface area contributed by atoms with Gasteiger partial charge in [-0.05, 0) is 29.5 Å². The van der Waals surface area contributed by atoms with Crippen LogP contribution in [0.25, 0.3) is 11.1 Å². The van der Waals surface area contributed by atoms with Crippen LogP contribution in [0.3, 0.4) is 0 Å². The molecule has 1 aliphatic rings. The minimum Gasteiger partial charge on any atom is -0.309 e. The van der Waals surface area contributed by atoms with Gasteiger partial charge in [0.2, 0.25) is 5.91 Å². The molecule has 1 N–H and O–H groups in total. The number of alkyl halides is 1. The van der Waals surface area contributed by atoms with Crippen molar-refractivity contribution in [1.82, 2.24) is 9.78 Å². The van der Waals surface area contributed by atoms with E-state index in [0.29, 0.717) is 17.1 Å². The van der Waals surface area contributed by atoms with E-state index >= 15 is 0 Å². The number of aromatic nitrogens is 2. The highest BCUT2D eigenvalue weighted by Gasteiger charge is 2.27. The van der Waals surface area contributed by atoms with Gasteiger partial charge in [0.15, 0.2) is 5.82 Å². The van der Waals surface area contributed by atoms with Crippen LogP contribution >= 0.6 is 15.9 Å². The average molecular weight is 408 g/mol. The maximum atomic E-state index is 13.3. The van der Waals surface area contributed by atoms with E-state index in [9.17, 15) is 9.18 Å². The smallest absolute Gasteiger partial charge is 0.226 e. The lowest BCUT2D eigenvalue weighted by atomic mass is 9.92. The molecule has 0 saturated carbocycles. The Hall–Kier alpha value is -1.69. The summed E-state index contributed by atoms with van der Waals surface area (Å²) in [4.78, 5) is 12.8. The molecule has 134 valence electrons. The summed E-state index contributed by atoms with van der Waals surface area (Å²) in [5.41, 5.74) is 2.74. The summed E-state index contributed by atoms with van der Waals surface area (Å²) in [6, 6.07) is 6.36. The quantitative estimate of drug-likeness (QED) is 0.744. The lowest BCUT2D eigenvalue weighted by molar-refractivity contribution is -0.117.